The highest BCUT2D eigenvalue weighted by Crippen LogP contribution is 2.30. The second-order valence-corrected chi connectivity index (χ2v) is 9.63. The molecule has 2 aromatic heterocycles. The first-order chi connectivity index (χ1) is 16.6. The van der Waals surface area contributed by atoms with Crippen LogP contribution in [0.25, 0.3) is 16.9 Å². The Morgan fingerprint density at radius 3 is 2.62 bits per heavy atom. The van der Waals surface area contributed by atoms with Crippen molar-refractivity contribution in [2.75, 3.05) is 18.4 Å². The van der Waals surface area contributed by atoms with Crippen LogP contribution in [-0.4, -0.2) is 39.4 Å². The molecule has 0 aliphatic heterocycles. The SMILES string of the molecule is Cc1cccc(-n2cc(-c3ccccc3)nc2NC(=O)CN(CC2CC2)C(=O)c2cccs2)c1. The van der Waals surface area contributed by atoms with Crippen LogP contribution in [0.3, 0.4) is 0 Å². The number of hydrogen-bond donors (Lipinski definition) is 1. The van der Waals surface area contributed by atoms with Crippen LogP contribution in [0.2, 0.25) is 0 Å². The molecule has 1 saturated carbocycles. The Morgan fingerprint density at radius 1 is 1.09 bits per heavy atom. The van der Waals surface area contributed by atoms with Crippen molar-refractivity contribution in [3.8, 4) is 16.9 Å². The van der Waals surface area contributed by atoms with Gasteiger partial charge in [0.1, 0.15) is 6.54 Å². The van der Waals surface area contributed by atoms with E-state index >= 15 is 0 Å². The monoisotopic (exact) mass is 470 g/mol. The number of nitrogens with zero attached hydrogens (tertiary/aromatic N) is 3. The zero-order valence-electron chi connectivity index (χ0n) is 19.0. The largest absolute Gasteiger partial charge is 0.328 e. The second-order valence-electron chi connectivity index (χ2n) is 8.68. The molecule has 0 bridgehead atoms. The normalized spacial score (nSPS) is 13.0. The first-order valence-electron chi connectivity index (χ1n) is 11.4. The third kappa shape index (κ3) is 5.10. The van der Waals surface area contributed by atoms with Crippen LogP contribution in [0.1, 0.15) is 28.1 Å². The van der Waals surface area contributed by atoms with Crippen molar-refractivity contribution in [2.24, 2.45) is 5.92 Å². The number of aromatic nitrogens is 2. The summed E-state index contributed by atoms with van der Waals surface area (Å²) in [6, 6.07) is 21.6. The number of benzene rings is 2. The topological polar surface area (TPSA) is 67.2 Å². The first kappa shape index (κ1) is 22.1. The van der Waals surface area contributed by atoms with E-state index in [1.165, 1.54) is 11.3 Å². The van der Waals surface area contributed by atoms with Crippen LogP contribution in [0, 0.1) is 12.8 Å². The first-order valence-corrected chi connectivity index (χ1v) is 12.3. The lowest BCUT2D eigenvalue weighted by Gasteiger charge is -2.21. The molecule has 1 fully saturated rings. The van der Waals surface area contributed by atoms with E-state index in [9.17, 15) is 9.59 Å². The molecule has 2 aromatic carbocycles. The van der Waals surface area contributed by atoms with Gasteiger partial charge in [0, 0.05) is 24.0 Å². The van der Waals surface area contributed by atoms with Crippen molar-refractivity contribution in [1.29, 1.82) is 0 Å². The highest BCUT2D eigenvalue weighted by molar-refractivity contribution is 7.12. The van der Waals surface area contributed by atoms with Crippen molar-refractivity contribution in [3.63, 3.8) is 0 Å². The van der Waals surface area contributed by atoms with Gasteiger partial charge >= 0.3 is 0 Å². The fourth-order valence-corrected chi connectivity index (χ4v) is 4.61. The Hall–Kier alpha value is -3.71. The Bertz CT molecular complexity index is 1290. The maximum Gasteiger partial charge on any atom is 0.264 e. The molecule has 1 N–H and O–H groups in total. The third-order valence-electron chi connectivity index (χ3n) is 5.84. The summed E-state index contributed by atoms with van der Waals surface area (Å²) in [4.78, 5) is 33.2. The summed E-state index contributed by atoms with van der Waals surface area (Å²) >= 11 is 1.40. The Labute approximate surface area is 202 Å². The number of imidazole rings is 1. The predicted molar refractivity (Wildman–Crippen MR) is 135 cm³/mol. The van der Waals surface area contributed by atoms with Gasteiger partial charge in [0.05, 0.1) is 10.6 Å². The number of amides is 2. The maximum atomic E-state index is 13.1. The number of anilines is 1. The van der Waals surface area contributed by atoms with Crippen molar-refractivity contribution in [2.45, 2.75) is 19.8 Å². The van der Waals surface area contributed by atoms with Crippen LogP contribution in [0.4, 0.5) is 5.95 Å². The van der Waals surface area contributed by atoms with E-state index in [4.69, 9.17) is 4.98 Å². The molecule has 2 amide bonds. The lowest BCUT2D eigenvalue weighted by molar-refractivity contribution is -0.117. The van der Waals surface area contributed by atoms with Gasteiger partial charge in [-0.1, -0.05) is 48.5 Å². The van der Waals surface area contributed by atoms with E-state index in [-0.39, 0.29) is 18.4 Å². The smallest absolute Gasteiger partial charge is 0.264 e. The van der Waals surface area contributed by atoms with E-state index in [0.717, 1.165) is 35.3 Å². The van der Waals surface area contributed by atoms with E-state index in [0.29, 0.717) is 23.3 Å². The minimum absolute atomic E-state index is 0.00538. The lowest BCUT2D eigenvalue weighted by Crippen LogP contribution is -2.39. The van der Waals surface area contributed by atoms with Crippen molar-refractivity contribution in [3.05, 3.63) is 88.7 Å². The minimum Gasteiger partial charge on any atom is -0.328 e. The fraction of sp³-hybridized carbons (Fsp3) is 0.222. The quantitative estimate of drug-likeness (QED) is 0.375. The van der Waals surface area contributed by atoms with Crippen molar-refractivity contribution in [1.82, 2.24) is 14.5 Å². The Morgan fingerprint density at radius 2 is 1.91 bits per heavy atom. The minimum atomic E-state index is -0.260. The summed E-state index contributed by atoms with van der Waals surface area (Å²) in [7, 11) is 0. The highest BCUT2D eigenvalue weighted by atomic mass is 32.1. The number of aryl methyl sites for hydroxylation is 1. The summed E-state index contributed by atoms with van der Waals surface area (Å²) in [5, 5.41) is 4.85. The van der Waals surface area contributed by atoms with Crippen LogP contribution in [0.5, 0.6) is 0 Å². The Balaban J connectivity index is 1.41. The van der Waals surface area contributed by atoms with E-state index in [1.54, 1.807) is 11.0 Å². The standard InChI is InChI=1S/C27H26N4O2S/c1-19-7-5-10-22(15-19)31-17-23(21-8-3-2-4-9-21)28-27(31)29-25(32)18-30(16-20-12-13-20)26(33)24-11-6-14-34-24/h2-11,14-15,17,20H,12-13,16,18H2,1H3,(H,28,29,32). The second kappa shape index (κ2) is 9.65. The molecular formula is C27H26N4O2S. The summed E-state index contributed by atoms with van der Waals surface area (Å²) in [6.45, 7) is 2.63. The molecule has 7 heteroatoms. The number of rotatable bonds is 8. The van der Waals surface area contributed by atoms with E-state index in [1.807, 2.05) is 83.7 Å². The molecule has 5 rings (SSSR count). The molecular weight excluding hydrogens is 444 g/mol. The van der Waals surface area contributed by atoms with Crippen LogP contribution in [-0.2, 0) is 4.79 Å². The average Bonchev–Trinajstić information content (AvgIpc) is 3.31. The summed E-state index contributed by atoms with van der Waals surface area (Å²) in [6.07, 6.45) is 4.14. The van der Waals surface area contributed by atoms with Gasteiger partial charge in [0.25, 0.3) is 5.91 Å². The van der Waals surface area contributed by atoms with Crippen molar-refractivity contribution < 1.29 is 9.59 Å². The molecule has 4 aromatic rings. The molecule has 172 valence electrons. The van der Waals surface area contributed by atoms with Gasteiger partial charge in [-0.3, -0.25) is 19.5 Å². The van der Waals surface area contributed by atoms with Crippen molar-refractivity contribution >= 4 is 29.1 Å². The summed E-state index contributed by atoms with van der Waals surface area (Å²) < 4.78 is 1.89. The molecule has 2 heterocycles. The molecule has 1 aliphatic carbocycles. The molecule has 0 radical (unpaired) electrons. The maximum absolute atomic E-state index is 13.1. The number of carbonyl (C=O) groups is 2. The van der Waals surface area contributed by atoms with Gasteiger partial charge < -0.3 is 4.90 Å². The van der Waals surface area contributed by atoms with Gasteiger partial charge in [-0.15, -0.1) is 11.3 Å². The van der Waals surface area contributed by atoms with Gasteiger partial charge in [-0.05, 0) is 54.8 Å². The molecule has 1 aliphatic rings. The molecule has 0 atom stereocenters. The van der Waals surface area contributed by atoms with Gasteiger partial charge in [-0.25, -0.2) is 4.98 Å². The van der Waals surface area contributed by atoms with Crippen LogP contribution < -0.4 is 5.32 Å². The van der Waals surface area contributed by atoms with Gasteiger partial charge in [0.2, 0.25) is 11.9 Å². The van der Waals surface area contributed by atoms with Crippen LogP contribution >= 0.6 is 11.3 Å². The summed E-state index contributed by atoms with van der Waals surface area (Å²) in [5.74, 6) is 0.564. The molecule has 6 nitrogen and oxygen atoms in total. The fourth-order valence-electron chi connectivity index (χ4n) is 3.92. The predicted octanol–water partition coefficient (Wildman–Crippen LogP) is 5.40. The average molecular weight is 471 g/mol. The zero-order valence-corrected chi connectivity index (χ0v) is 19.8. The molecule has 0 spiro atoms. The lowest BCUT2D eigenvalue weighted by atomic mass is 10.2. The number of thiophene rings is 1. The molecule has 34 heavy (non-hydrogen) atoms. The number of carbonyl (C=O) groups excluding carboxylic acids is 2. The molecule has 0 saturated heterocycles. The number of nitrogens with one attached hydrogen (secondary N) is 1. The van der Waals surface area contributed by atoms with Crippen LogP contribution in [0.15, 0.2) is 78.3 Å². The van der Waals surface area contributed by atoms with E-state index < -0.39 is 0 Å². The number of hydrogen-bond acceptors (Lipinski definition) is 4. The zero-order chi connectivity index (χ0) is 23.5. The van der Waals surface area contributed by atoms with Gasteiger partial charge in [-0.2, -0.15) is 0 Å². The molecule has 0 unspecified atom stereocenters. The third-order valence-corrected chi connectivity index (χ3v) is 6.69. The van der Waals surface area contributed by atoms with E-state index in [2.05, 4.69) is 5.32 Å². The highest BCUT2D eigenvalue weighted by Gasteiger charge is 2.29. The van der Waals surface area contributed by atoms with Gasteiger partial charge in [0.15, 0.2) is 0 Å². The summed E-state index contributed by atoms with van der Waals surface area (Å²) in [5.41, 5.74) is 3.76. The Kier molecular flexibility index (Phi) is 6.27.